The standard InChI is InChI=1S/C19H18O2/c1-2-3-11-19(20)21-18-10-6-9-16-12-14-7-4-5-8-15(14)13-17(16)18/h4-10,12-13H,2-3,11H2,1H3. The minimum absolute atomic E-state index is 0.155. The molecule has 0 atom stereocenters. The van der Waals surface area contributed by atoms with E-state index >= 15 is 0 Å². The maximum atomic E-state index is 11.9. The lowest BCUT2D eigenvalue weighted by molar-refractivity contribution is -0.134. The average Bonchev–Trinajstić information content (AvgIpc) is 2.51. The summed E-state index contributed by atoms with van der Waals surface area (Å²) in [4.78, 5) is 11.9. The number of unbranched alkanes of at least 4 members (excludes halogenated alkanes) is 1. The summed E-state index contributed by atoms with van der Waals surface area (Å²) < 4.78 is 5.54. The number of rotatable bonds is 4. The van der Waals surface area contributed by atoms with Crippen LogP contribution in [0.3, 0.4) is 0 Å². The Balaban J connectivity index is 2.02. The molecule has 0 fully saturated rings. The number of esters is 1. The summed E-state index contributed by atoms with van der Waals surface area (Å²) >= 11 is 0. The molecule has 0 heterocycles. The third kappa shape index (κ3) is 2.89. The van der Waals surface area contributed by atoms with Gasteiger partial charge in [0.1, 0.15) is 5.75 Å². The van der Waals surface area contributed by atoms with Crippen molar-refractivity contribution in [1.29, 1.82) is 0 Å². The van der Waals surface area contributed by atoms with Gasteiger partial charge in [0.2, 0.25) is 0 Å². The first-order valence-corrected chi connectivity index (χ1v) is 7.40. The van der Waals surface area contributed by atoms with Crippen LogP contribution in [0.15, 0.2) is 54.6 Å². The zero-order chi connectivity index (χ0) is 14.7. The first-order chi connectivity index (χ1) is 10.3. The fourth-order valence-corrected chi connectivity index (χ4v) is 2.52. The lowest BCUT2D eigenvalue weighted by Crippen LogP contribution is -2.07. The average molecular weight is 278 g/mol. The van der Waals surface area contributed by atoms with E-state index in [1.54, 1.807) is 0 Å². The van der Waals surface area contributed by atoms with Crippen molar-refractivity contribution in [3.8, 4) is 5.75 Å². The third-order valence-electron chi connectivity index (χ3n) is 3.66. The molecule has 3 aromatic carbocycles. The summed E-state index contributed by atoms with van der Waals surface area (Å²) in [5, 5.41) is 4.43. The van der Waals surface area contributed by atoms with Crippen LogP contribution in [0, 0.1) is 0 Å². The minimum Gasteiger partial charge on any atom is -0.426 e. The van der Waals surface area contributed by atoms with Gasteiger partial charge >= 0.3 is 5.97 Å². The Morgan fingerprint density at radius 2 is 1.67 bits per heavy atom. The topological polar surface area (TPSA) is 26.3 Å². The summed E-state index contributed by atoms with van der Waals surface area (Å²) in [7, 11) is 0. The minimum atomic E-state index is -0.155. The highest BCUT2D eigenvalue weighted by Gasteiger charge is 2.08. The summed E-state index contributed by atoms with van der Waals surface area (Å²) in [6, 6.07) is 18.3. The van der Waals surface area contributed by atoms with Gasteiger partial charge in [-0.25, -0.2) is 0 Å². The predicted molar refractivity (Wildman–Crippen MR) is 86.6 cm³/mol. The van der Waals surface area contributed by atoms with Crippen molar-refractivity contribution >= 4 is 27.5 Å². The molecule has 106 valence electrons. The predicted octanol–water partition coefficient (Wildman–Crippen LogP) is 5.09. The molecule has 0 spiro atoms. The SMILES string of the molecule is CCCCC(=O)Oc1cccc2cc3ccccc3cc12. The zero-order valence-corrected chi connectivity index (χ0v) is 12.1. The molecule has 0 amide bonds. The Morgan fingerprint density at radius 1 is 0.952 bits per heavy atom. The molecule has 0 unspecified atom stereocenters. The van der Waals surface area contributed by atoms with Gasteiger partial charge in [0, 0.05) is 11.8 Å². The number of carbonyl (C=O) groups is 1. The Hall–Kier alpha value is -2.35. The molecular weight excluding hydrogens is 260 g/mol. The molecule has 0 aliphatic heterocycles. The lowest BCUT2D eigenvalue weighted by atomic mass is 10.0. The lowest BCUT2D eigenvalue weighted by Gasteiger charge is -2.09. The first-order valence-electron chi connectivity index (χ1n) is 7.40. The maximum Gasteiger partial charge on any atom is 0.311 e. The highest BCUT2D eigenvalue weighted by Crippen LogP contribution is 2.30. The van der Waals surface area contributed by atoms with Gasteiger partial charge in [-0.3, -0.25) is 4.79 Å². The van der Waals surface area contributed by atoms with Gasteiger partial charge in [-0.2, -0.15) is 0 Å². The molecule has 3 aromatic rings. The van der Waals surface area contributed by atoms with E-state index in [1.165, 1.54) is 5.39 Å². The van der Waals surface area contributed by atoms with Crippen molar-refractivity contribution in [2.24, 2.45) is 0 Å². The number of benzene rings is 3. The second-order valence-corrected chi connectivity index (χ2v) is 5.25. The van der Waals surface area contributed by atoms with Crippen LogP contribution in [0.25, 0.3) is 21.5 Å². The fourth-order valence-electron chi connectivity index (χ4n) is 2.52. The van der Waals surface area contributed by atoms with Crippen molar-refractivity contribution in [2.75, 3.05) is 0 Å². The van der Waals surface area contributed by atoms with Crippen molar-refractivity contribution < 1.29 is 9.53 Å². The van der Waals surface area contributed by atoms with Crippen LogP contribution < -0.4 is 4.74 Å². The van der Waals surface area contributed by atoms with Crippen molar-refractivity contribution in [1.82, 2.24) is 0 Å². The van der Waals surface area contributed by atoms with Gasteiger partial charge in [-0.15, -0.1) is 0 Å². The normalized spacial score (nSPS) is 10.9. The second-order valence-electron chi connectivity index (χ2n) is 5.25. The van der Waals surface area contributed by atoms with Gasteiger partial charge in [-0.1, -0.05) is 49.7 Å². The van der Waals surface area contributed by atoms with Gasteiger partial charge in [0.25, 0.3) is 0 Å². The van der Waals surface area contributed by atoms with E-state index in [0.717, 1.165) is 29.0 Å². The maximum absolute atomic E-state index is 11.9. The molecule has 2 heteroatoms. The number of carbonyl (C=O) groups excluding carboxylic acids is 1. The molecule has 0 aliphatic carbocycles. The summed E-state index contributed by atoms with van der Waals surface area (Å²) in [6.07, 6.45) is 2.34. The number of hydrogen-bond acceptors (Lipinski definition) is 2. The van der Waals surface area contributed by atoms with Gasteiger partial charge in [-0.05, 0) is 40.8 Å². The zero-order valence-electron chi connectivity index (χ0n) is 12.1. The molecule has 3 rings (SSSR count). The molecule has 0 bridgehead atoms. The third-order valence-corrected chi connectivity index (χ3v) is 3.66. The monoisotopic (exact) mass is 278 g/mol. The summed E-state index contributed by atoms with van der Waals surface area (Å²) in [5.41, 5.74) is 0. The Kier molecular flexibility index (Phi) is 3.87. The van der Waals surface area contributed by atoms with E-state index in [0.29, 0.717) is 12.2 Å². The van der Waals surface area contributed by atoms with Crippen LogP contribution in [0.5, 0.6) is 5.75 Å². The van der Waals surface area contributed by atoms with Crippen molar-refractivity contribution in [3.63, 3.8) is 0 Å². The highest BCUT2D eigenvalue weighted by molar-refractivity contribution is 6.01. The number of fused-ring (bicyclic) bond motifs is 2. The van der Waals surface area contributed by atoms with Crippen LogP contribution in [-0.2, 0) is 4.79 Å². The van der Waals surface area contributed by atoms with Gasteiger partial charge in [0.05, 0.1) is 0 Å². The number of ether oxygens (including phenoxy) is 1. The molecule has 0 radical (unpaired) electrons. The van der Waals surface area contributed by atoms with Crippen LogP contribution in [-0.4, -0.2) is 5.97 Å². The molecular formula is C19H18O2. The Bertz CT molecular complexity index is 790. The molecule has 0 aliphatic rings. The summed E-state index contributed by atoms with van der Waals surface area (Å²) in [5.74, 6) is 0.497. The van der Waals surface area contributed by atoms with Crippen LogP contribution in [0.1, 0.15) is 26.2 Å². The van der Waals surface area contributed by atoms with Crippen LogP contribution in [0.2, 0.25) is 0 Å². The fraction of sp³-hybridized carbons (Fsp3) is 0.211. The van der Waals surface area contributed by atoms with Crippen molar-refractivity contribution in [3.05, 3.63) is 54.6 Å². The Morgan fingerprint density at radius 3 is 2.43 bits per heavy atom. The van der Waals surface area contributed by atoms with Crippen molar-refractivity contribution in [2.45, 2.75) is 26.2 Å². The van der Waals surface area contributed by atoms with Crippen LogP contribution in [0.4, 0.5) is 0 Å². The van der Waals surface area contributed by atoms with Crippen LogP contribution >= 0.6 is 0 Å². The van der Waals surface area contributed by atoms with E-state index < -0.39 is 0 Å². The summed E-state index contributed by atoms with van der Waals surface area (Å²) in [6.45, 7) is 2.07. The first kappa shape index (κ1) is 13.6. The van der Waals surface area contributed by atoms with Gasteiger partial charge in [0.15, 0.2) is 0 Å². The number of hydrogen-bond donors (Lipinski definition) is 0. The van der Waals surface area contributed by atoms with E-state index in [4.69, 9.17) is 4.74 Å². The quantitative estimate of drug-likeness (QED) is 0.377. The smallest absolute Gasteiger partial charge is 0.311 e. The van der Waals surface area contributed by atoms with E-state index in [1.807, 2.05) is 30.3 Å². The van der Waals surface area contributed by atoms with E-state index in [9.17, 15) is 4.79 Å². The van der Waals surface area contributed by atoms with Gasteiger partial charge < -0.3 is 4.74 Å². The Labute approximate surface area is 124 Å². The highest BCUT2D eigenvalue weighted by atomic mass is 16.5. The molecule has 21 heavy (non-hydrogen) atoms. The van der Waals surface area contributed by atoms with E-state index in [2.05, 4.69) is 31.2 Å². The van der Waals surface area contributed by atoms with E-state index in [-0.39, 0.29) is 5.97 Å². The molecule has 0 aromatic heterocycles. The molecule has 2 nitrogen and oxygen atoms in total. The second kappa shape index (κ2) is 5.96. The molecule has 0 N–H and O–H groups in total. The molecule has 0 saturated carbocycles. The molecule has 0 saturated heterocycles. The largest absolute Gasteiger partial charge is 0.426 e.